The molecule has 0 aliphatic carbocycles. The maximum absolute atomic E-state index is 11.7. The number of nitrogens with one attached hydrogen (secondary N) is 1. The van der Waals surface area contributed by atoms with Gasteiger partial charge in [0.1, 0.15) is 5.51 Å². The number of carbonyl (C=O) groups excluding carboxylic acids is 1. The van der Waals surface area contributed by atoms with Gasteiger partial charge in [-0.15, -0.1) is 10.2 Å². The summed E-state index contributed by atoms with van der Waals surface area (Å²) >= 11 is 3.14. The Morgan fingerprint density at radius 3 is 3.11 bits per heavy atom. The van der Waals surface area contributed by atoms with Gasteiger partial charge >= 0.3 is 0 Å². The fourth-order valence-corrected chi connectivity index (χ4v) is 2.96. The van der Waals surface area contributed by atoms with E-state index in [1.165, 1.54) is 11.3 Å². The molecule has 3 N–H and O–H groups in total. The molecule has 0 spiro atoms. The highest BCUT2D eigenvalue weighted by molar-refractivity contribution is 8.00. The van der Waals surface area contributed by atoms with Crippen LogP contribution in [0.5, 0.6) is 0 Å². The van der Waals surface area contributed by atoms with Gasteiger partial charge in [-0.3, -0.25) is 4.79 Å². The molecule has 0 aliphatic heterocycles. The van der Waals surface area contributed by atoms with Gasteiger partial charge in [0.2, 0.25) is 5.91 Å². The minimum absolute atomic E-state index is 0.00321. The third-order valence-electron chi connectivity index (χ3n) is 2.28. The topological polar surface area (TPSA) is 80.9 Å². The molecule has 1 amide bonds. The van der Waals surface area contributed by atoms with E-state index in [0.29, 0.717) is 12.1 Å². The van der Waals surface area contributed by atoms with E-state index in [2.05, 4.69) is 15.5 Å². The van der Waals surface area contributed by atoms with E-state index in [1.807, 2.05) is 12.1 Å². The molecule has 0 radical (unpaired) electrons. The van der Waals surface area contributed by atoms with E-state index in [4.69, 9.17) is 5.73 Å². The molecule has 2 rings (SSSR count). The van der Waals surface area contributed by atoms with Gasteiger partial charge in [0.25, 0.3) is 0 Å². The first kappa shape index (κ1) is 13.8. The molecule has 19 heavy (non-hydrogen) atoms. The highest BCUT2D eigenvalue weighted by atomic mass is 32.2. The van der Waals surface area contributed by atoms with Crippen LogP contribution >= 0.6 is 23.1 Å². The van der Waals surface area contributed by atoms with Crippen molar-refractivity contribution in [3.8, 4) is 0 Å². The highest BCUT2D eigenvalue weighted by Crippen LogP contribution is 2.20. The Morgan fingerprint density at radius 1 is 1.47 bits per heavy atom. The van der Waals surface area contributed by atoms with Crippen molar-refractivity contribution in [2.45, 2.75) is 17.2 Å². The normalized spacial score (nSPS) is 10.3. The average molecular weight is 294 g/mol. The van der Waals surface area contributed by atoms with Gasteiger partial charge in [0, 0.05) is 23.5 Å². The fraction of sp³-hybridized carbons (Fsp3) is 0.250. The predicted molar refractivity (Wildman–Crippen MR) is 79.4 cm³/mol. The van der Waals surface area contributed by atoms with E-state index in [1.54, 1.807) is 29.4 Å². The van der Waals surface area contributed by atoms with Gasteiger partial charge in [-0.1, -0.05) is 29.2 Å². The highest BCUT2D eigenvalue weighted by Gasteiger charge is 2.03. The first-order chi connectivity index (χ1) is 9.24. The summed E-state index contributed by atoms with van der Waals surface area (Å²) in [5.74, 6) is 0.864. The number of nitrogen functional groups attached to an aromatic ring is 1. The zero-order chi connectivity index (χ0) is 13.5. The quantitative estimate of drug-likeness (QED) is 0.486. The molecule has 0 aliphatic rings. The van der Waals surface area contributed by atoms with Crippen molar-refractivity contribution < 1.29 is 4.79 Å². The van der Waals surface area contributed by atoms with Crippen molar-refractivity contribution in [2.24, 2.45) is 0 Å². The Morgan fingerprint density at radius 2 is 2.37 bits per heavy atom. The van der Waals surface area contributed by atoms with Crippen molar-refractivity contribution in [1.82, 2.24) is 10.2 Å². The Kier molecular flexibility index (Phi) is 5.17. The van der Waals surface area contributed by atoms with Crippen LogP contribution in [0.4, 0.5) is 11.4 Å². The molecule has 0 unspecified atom stereocenters. The van der Waals surface area contributed by atoms with Crippen molar-refractivity contribution in [2.75, 3.05) is 16.8 Å². The van der Waals surface area contributed by atoms with Crippen LogP contribution in [0, 0.1) is 0 Å². The summed E-state index contributed by atoms with van der Waals surface area (Å²) in [6, 6.07) is 7.17. The summed E-state index contributed by atoms with van der Waals surface area (Å²) < 4.78 is 0.941. The number of rotatable bonds is 6. The molecule has 100 valence electrons. The summed E-state index contributed by atoms with van der Waals surface area (Å²) in [5.41, 5.74) is 8.73. The van der Waals surface area contributed by atoms with Gasteiger partial charge in [0.15, 0.2) is 4.34 Å². The van der Waals surface area contributed by atoms with E-state index in [9.17, 15) is 4.79 Å². The number of hydrogen-bond acceptors (Lipinski definition) is 6. The number of nitrogens with two attached hydrogens (primary N) is 1. The lowest BCUT2D eigenvalue weighted by Crippen LogP contribution is -2.11. The van der Waals surface area contributed by atoms with Crippen LogP contribution in [0.2, 0.25) is 0 Å². The Hall–Kier alpha value is -1.60. The van der Waals surface area contributed by atoms with Crippen LogP contribution in [-0.4, -0.2) is 21.9 Å². The first-order valence-electron chi connectivity index (χ1n) is 5.78. The van der Waals surface area contributed by atoms with Crippen LogP contribution in [0.15, 0.2) is 34.1 Å². The molecular formula is C12H14N4OS2. The second-order valence-electron chi connectivity index (χ2n) is 3.83. The number of aromatic nitrogens is 2. The van der Waals surface area contributed by atoms with Gasteiger partial charge in [-0.05, 0) is 24.6 Å². The third kappa shape index (κ3) is 4.88. The Labute approximate surface area is 119 Å². The smallest absolute Gasteiger partial charge is 0.224 e. The lowest BCUT2D eigenvalue weighted by molar-refractivity contribution is -0.116. The van der Waals surface area contributed by atoms with Crippen molar-refractivity contribution >= 4 is 40.4 Å². The zero-order valence-corrected chi connectivity index (χ0v) is 11.8. The lowest BCUT2D eigenvalue weighted by Gasteiger charge is -2.05. The standard InChI is InChI=1S/C12H14N4OS2/c13-9-3-1-4-10(7-9)15-11(17)5-2-6-18-12-16-14-8-19-12/h1,3-4,7-8H,2,5-6,13H2,(H,15,17). The molecule has 1 aromatic heterocycles. The molecule has 1 aromatic carbocycles. The van der Waals surface area contributed by atoms with Crippen LogP contribution in [0.3, 0.4) is 0 Å². The Bertz CT molecular complexity index is 530. The maximum atomic E-state index is 11.7. The number of hydrogen-bond donors (Lipinski definition) is 2. The second-order valence-corrected chi connectivity index (χ2v) is 6.01. The number of thioether (sulfide) groups is 1. The maximum Gasteiger partial charge on any atom is 0.224 e. The SMILES string of the molecule is Nc1cccc(NC(=O)CCCSc2nncs2)c1. The molecular weight excluding hydrogens is 280 g/mol. The van der Waals surface area contributed by atoms with E-state index in [0.717, 1.165) is 22.2 Å². The molecule has 0 saturated heterocycles. The summed E-state index contributed by atoms with van der Waals surface area (Å²) in [6.07, 6.45) is 1.29. The number of amides is 1. The van der Waals surface area contributed by atoms with Gasteiger partial charge in [-0.25, -0.2) is 0 Å². The van der Waals surface area contributed by atoms with Gasteiger partial charge in [0.05, 0.1) is 0 Å². The molecule has 2 aromatic rings. The van der Waals surface area contributed by atoms with Crippen molar-refractivity contribution in [3.05, 3.63) is 29.8 Å². The third-order valence-corrected chi connectivity index (χ3v) is 4.23. The molecule has 5 nitrogen and oxygen atoms in total. The Balaban J connectivity index is 1.67. The monoisotopic (exact) mass is 294 g/mol. The number of carbonyl (C=O) groups is 1. The molecule has 0 atom stereocenters. The van der Waals surface area contributed by atoms with Crippen LogP contribution < -0.4 is 11.1 Å². The van der Waals surface area contributed by atoms with Crippen LogP contribution in [0.25, 0.3) is 0 Å². The largest absolute Gasteiger partial charge is 0.399 e. The second kappa shape index (κ2) is 7.10. The summed E-state index contributed by atoms with van der Waals surface area (Å²) in [7, 11) is 0. The molecule has 0 fully saturated rings. The number of anilines is 2. The van der Waals surface area contributed by atoms with Crippen molar-refractivity contribution in [1.29, 1.82) is 0 Å². The van der Waals surface area contributed by atoms with Crippen LogP contribution in [0.1, 0.15) is 12.8 Å². The van der Waals surface area contributed by atoms with Gasteiger partial charge < -0.3 is 11.1 Å². The lowest BCUT2D eigenvalue weighted by atomic mass is 10.2. The minimum atomic E-state index is 0.00321. The van der Waals surface area contributed by atoms with Crippen LogP contribution in [-0.2, 0) is 4.79 Å². The minimum Gasteiger partial charge on any atom is -0.399 e. The van der Waals surface area contributed by atoms with E-state index >= 15 is 0 Å². The summed E-state index contributed by atoms with van der Waals surface area (Å²) in [6.45, 7) is 0. The molecule has 7 heteroatoms. The zero-order valence-electron chi connectivity index (χ0n) is 10.2. The molecule has 1 heterocycles. The van der Waals surface area contributed by atoms with E-state index in [-0.39, 0.29) is 5.91 Å². The first-order valence-corrected chi connectivity index (χ1v) is 7.65. The summed E-state index contributed by atoms with van der Waals surface area (Å²) in [4.78, 5) is 11.7. The fourth-order valence-electron chi connectivity index (χ4n) is 1.46. The molecule has 0 bridgehead atoms. The number of benzene rings is 1. The van der Waals surface area contributed by atoms with Gasteiger partial charge in [-0.2, -0.15) is 0 Å². The average Bonchev–Trinajstić information content (AvgIpc) is 2.88. The van der Waals surface area contributed by atoms with Crippen molar-refractivity contribution in [3.63, 3.8) is 0 Å². The summed E-state index contributed by atoms with van der Waals surface area (Å²) in [5, 5.41) is 10.5. The number of nitrogens with zero attached hydrogens (tertiary/aromatic N) is 2. The predicted octanol–water partition coefficient (Wildman–Crippen LogP) is 2.63. The van der Waals surface area contributed by atoms with E-state index < -0.39 is 0 Å². The molecule has 0 saturated carbocycles.